The number of nitrogens with zero attached hydrogens (tertiary/aromatic N) is 3. The van der Waals surface area contributed by atoms with E-state index in [1.54, 1.807) is 11.3 Å². The fraction of sp³-hybridized carbons (Fsp3) is 0.500. The van der Waals surface area contributed by atoms with Crippen LogP contribution in [0.25, 0.3) is 0 Å². The highest BCUT2D eigenvalue weighted by atomic mass is 35.5. The van der Waals surface area contributed by atoms with Crippen LogP contribution in [0.15, 0.2) is 16.8 Å². The highest BCUT2D eigenvalue weighted by Crippen LogP contribution is 2.22. The lowest BCUT2D eigenvalue weighted by molar-refractivity contribution is 0.519. The van der Waals surface area contributed by atoms with Gasteiger partial charge in [0, 0.05) is 12.5 Å². The van der Waals surface area contributed by atoms with Crippen LogP contribution in [-0.2, 0) is 12.8 Å². The van der Waals surface area contributed by atoms with Crippen LogP contribution in [0.1, 0.15) is 37.7 Å². The summed E-state index contributed by atoms with van der Waals surface area (Å²) in [5, 5.41) is 12.9. The first kappa shape index (κ1) is 12.6. The lowest BCUT2D eigenvalue weighted by Gasteiger charge is -2.15. The van der Waals surface area contributed by atoms with Crippen LogP contribution in [0.2, 0.25) is 5.28 Å². The minimum absolute atomic E-state index is 0.300. The Morgan fingerprint density at radius 3 is 2.94 bits per heavy atom. The van der Waals surface area contributed by atoms with Crippen molar-refractivity contribution in [2.45, 2.75) is 39.2 Å². The maximum Gasteiger partial charge on any atom is 0.225 e. The van der Waals surface area contributed by atoms with Gasteiger partial charge in [0.15, 0.2) is 0 Å². The largest absolute Gasteiger partial charge is 0.299 e. The van der Waals surface area contributed by atoms with Crippen molar-refractivity contribution < 1.29 is 0 Å². The fourth-order valence-electron chi connectivity index (χ4n) is 1.97. The van der Waals surface area contributed by atoms with Gasteiger partial charge in [0.05, 0.1) is 0 Å². The summed E-state index contributed by atoms with van der Waals surface area (Å²) in [7, 11) is 0. The molecule has 0 amide bonds. The van der Waals surface area contributed by atoms with Crippen LogP contribution in [0.5, 0.6) is 0 Å². The van der Waals surface area contributed by atoms with Crippen molar-refractivity contribution in [3.8, 4) is 0 Å². The number of rotatable bonds is 5. The number of aryl methyl sites for hydroxylation is 1. The molecule has 0 saturated heterocycles. The van der Waals surface area contributed by atoms with Crippen molar-refractivity contribution in [1.82, 2.24) is 14.8 Å². The molecule has 1 atom stereocenters. The highest BCUT2D eigenvalue weighted by molar-refractivity contribution is 7.07. The van der Waals surface area contributed by atoms with E-state index in [1.807, 2.05) is 4.57 Å². The zero-order chi connectivity index (χ0) is 12.3. The molecular weight excluding hydrogens is 254 g/mol. The molecule has 0 N–H and O–H groups in total. The zero-order valence-electron chi connectivity index (χ0n) is 10.1. The molecular formula is C12H16ClN3S. The van der Waals surface area contributed by atoms with Crippen molar-refractivity contribution >= 4 is 22.9 Å². The van der Waals surface area contributed by atoms with Crippen LogP contribution >= 0.6 is 22.9 Å². The van der Waals surface area contributed by atoms with Crippen LogP contribution in [0, 0.1) is 0 Å². The van der Waals surface area contributed by atoms with Crippen molar-refractivity contribution in [2.75, 3.05) is 0 Å². The van der Waals surface area contributed by atoms with Gasteiger partial charge in [0.25, 0.3) is 0 Å². The molecule has 3 nitrogen and oxygen atoms in total. The summed E-state index contributed by atoms with van der Waals surface area (Å²) >= 11 is 7.83. The number of thiophene rings is 1. The van der Waals surface area contributed by atoms with Gasteiger partial charge in [-0.05, 0) is 53.8 Å². The maximum atomic E-state index is 6.11. The zero-order valence-corrected chi connectivity index (χ0v) is 11.6. The predicted octanol–water partition coefficient (Wildman–Crippen LogP) is 3.75. The van der Waals surface area contributed by atoms with E-state index >= 15 is 0 Å². The highest BCUT2D eigenvalue weighted by Gasteiger charge is 2.15. The molecule has 2 aromatic rings. The van der Waals surface area contributed by atoms with Crippen LogP contribution in [-0.4, -0.2) is 14.8 Å². The van der Waals surface area contributed by atoms with Crippen LogP contribution in [0.3, 0.4) is 0 Å². The third kappa shape index (κ3) is 2.87. The summed E-state index contributed by atoms with van der Waals surface area (Å²) in [6.07, 6.45) is 2.95. The van der Waals surface area contributed by atoms with Gasteiger partial charge in [0.1, 0.15) is 5.82 Å². The summed E-state index contributed by atoms with van der Waals surface area (Å²) in [6, 6.07) is 2.45. The second kappa shape index (κ2) is 5.65. The van der Waals surface area contributed by atoms with Crippen LogP contribution in [0.4, 0.5) is 0 Å². The van der Waals surface area contributed by atoms with E-state index < -0.39 is 0 Å². The first-order valence-electron chi connectivity index (χ1n) is 5.82. The quantitative estimate of drug-likeness (QED) is 0.828. The SMILES string of the molecule is CCCc1nnc(Cl)n1C(C)Cc1ccsc1. The van der Waals surface area contributed by atoms with Gasteiger partial charge in [-0.15, -0.1) is 10.2 Å². The third-order valence-corrected chi connectivity index (χ3v) is 3.74. The molecule has 1 unspecified atom stereocenters. The van der Waals surface area contributed by atoms with Crippen molar-refractivity contribution in [3.05, 3.63) is 33.5 Å². The van der Waals surface area contributed by atoms with Crippen LogP contribution < -0.4 is 0 Å². The monoisotopic (exact) mass is 269 g/mol. The van der Waals surface area contributed by atoms with E-state index in [0.29, 0.717) is 11.3 Å². The van der Waals surface area contributed by atoms with Gasteiger partial charge in [-0.1, -0.05) is 6.92 Å². The Morgan fingerprint density at radius 2 is 2.29 bits per heavy atom. The molecule has 0 spiro atoms. The van der Waals surface area contributed by atoms with E-state index in [2.05, 4.69) is 40.9 Å². The van der Waals surface area contributed by atoms with E-state index in [9.17, 15) is 0 Å². The van der Waals surface area contributed by atoms with Gasteiger partial charge in [-0.3, -0.25) is 4.57 Å². The molecule has 0 aliphatic rings. The Bertz CT molecular complexity index is 464. The molecule has 2 heterocycles. The fourth-order valence-corrected chi connectivity index (χ4v) is 2.96. The summed E-state index contributed by atoms with van der Waals surface area (Å²) < 4.78 is 2.04. The lowest BCUT2D eigenvalue weighted by Crippen LogP contribution is -2.12. The summed E-state index contributed by atoms with van der Waals surface area (Å²) in [5.74, 6) is 0.986. The Kier molecular flexibility index (Phi) is 4.18. The second-order valence-electron chi connectivity index (χ2n) is 4.19. The molecule has 5 heteroatoms. The Labute approximate surface area is 110 Å². The number of hydrogen-bond donors (Lipinski definition) is 0. The number of hydrogen-bond acceptors (Lipinski definition) is 3. The topological polar surface area (TPSA) is 30.7 Å². The molecule has 0 fully saturated rings. The first-order chi connectivity index (χ1) is 8.22. The maximum absolute atomic E-state index is 6.11. The van der Waals surface area contributed by atoms with Gasteiger partial charge in [0.2, 0.25) is 5.28 Å². The minimum Gasteiger partial charge on any atom is -0.299 e. The van der Waals surface area contributed by atoms with Gasteiger partial charge in [-0.25, -0.2) is 0 Å². The van der Waals surface area contributed by atoms with Crippen molar-refractivity contribution in [2.24, 2.45) is 0 Å². The summed E-state index contributed by atoms with van der Waals surface area (Å²) in [6.45, 7) is 4.29. The molecule has 0 bridgehead atoms. The van der Waals surface area contributed by atoms with E-state index in [0.717, 1.165) is 25.1 Å². The van der Waals surface area contributed by atoms with Gasteiger partial charge < -0.3 is 0 Å². The van der Waals surface area contributed by atoms with Gasteiger partial charge in [-0.2, -0.15) is 11.3 Å². The normalized spacial score (nSPS) is 12.9. The molecule has 0 radical (unpaired) electrons. The Morgan fingerprint density at radius 1 is 1.47 bits per heavy atom. The predicted molar refractivity (Wildman–Crippen MR) is 71.8 cm³/mol. The average Bonchev–Trinajstić information content (AvgIpc) is 2.89. The third-order valence-electron chi connectivity index (χ3n) is 2.75. The summed E-state index contributed by atoms with van der Waals surface area (Å²) in [5.41, 5.74) is 1.34. The Hall–Kier alpha value is -0.870. The molecule has 92 valence electrons. The van der Waals surface area contributed by atoms with Gasteiger partial charge >= 0.3 is 0 Å². The molecule has 17 heavy (non-hydrogen) atoms. The lowest BCUT2D eigenvalue weighted by atomic mass is 10.1. The minimum atomic E-state index is 0.300. The number of aromatic nitrogens is 3. The van der Waals surface area contributed by atoms with E-state index in [4.69, 9.17) is 11.6 Å². The summed E-state index contributed by atoms with van der Waals surface area (Å²) in [4.78, 5) is 0. The van der Waals surface area contributed by atoms with E-state index in [1.165, 1.54) is 5.56 Å². The molecule has 2 aromatic heterocycles. The molecule has 0 aliphatic carbocycles. The van der Waals surface area contributed by atoms with Crippen molar-refractivity contribution in [1.29, 1.82) is 0 Å². The standard InChI is InChI=1S/C12H16ClN3S/c1-3-4-11-14-15-12(13)16(11)9(2)7-10-5-6-17-8-10/h5-6,8-9H,3-4,7H2,1-2H3. The van der Waals surface area contributed by atoms with Crippen molar-refractivity contribution in [3.63, 3.8) is 0 Å². The number of halogens is 1. The second-order valence-corrected chi connectivity index (χ2v) is 5.31. The Balaban J connectivity index is 2.17. The smallest absolute Gasteiger partial charge is 0.225 e. The molecule has 0 saturated carbocycles. The molecule has 0 aliphatic heterocycles. The first-order valence-corrected chi connectivity index (χ1v) is 7.14. The molecule has 2 rings (SSSR count). The average molecular weight is 270 g/mol. The van der Waals surface area contributed by atoms with E-state index in [-0.39, 0.29) is 0 Å². The molecule has 0 aromatic carbocycles.